The number of hydrogen-bond donors (Lipinski definition) is 1. The summed E-state index contributed by atoms with van der Waals surface area (Å²) in [5.74, 6) is 0. The lowest BCUT2D eigenvalue weighted by Gasteiger charge is -2.23. The highest BCUT2D eigenvalue weighted by Gasteiger charge is 1.99. The second-order valence-corrected chi connectivity index (χ2v) is 2.99. The molecule has 0 aromatic heterocycles. The minimum Gasteiger partial charge on any atom is -0.309 e. The Morgan fingerprint density at radius 1 is 1.14 bits per heavy atom. The van der Waals surface area contributed by atoms with Gasteiger partial charge in [-0.15, -0.1) is 12.4 Å². The van der Waals surface area contributed by atoms with E-state index in [4.69, 9.17) is 0 Å². The van der Waals surface area contributed by atoms with Crippen LogP contribution in [0.3, 0.4) is 0 Å². The number of hydrogen-bond acceptors (Lipinski definition) is 2. The van der Waals surface area contributed by atoms with Crippen LogP contribution in [0.2, 0.25) is 0 Å². The third-order valence-corrected chi connectivity index (χ3v) is 1.94. The molecule has 0 unspecified atom stereocenters. The highest BCUT2D eigenvalue weighted by molar-refractivity contribution is 5.85. The van der Waals surface area contributed by atoms with Crippen LogP contribution in [0.5, 0.6) is 0 Å². The highest BCUT2D eigenvalue weighted by Crippen LogP contribution is 2.09. The molecule has 0 aliphatic heterocycles. The summed E-state index contributed by atoms with van der Waals surface area (Å²) in [6, 6.07) is 10.4. The molecule has 0 atom stereocenters. The normalized spacial score (nSPS) is 9.29. The number of nitrogens with zero attached hydrogens (tertiary/aromatic N) is 1. The molecular formula is C11H19ClN2. The zero-order valence-corrected chi connectivity index (χ0v) is 9.68. The monoisotopic (exact) mass is 214 g/mol. The van der Waals surface area contributed by atoms with Crippen molar-refractivity contribution in [3.8, 4) is 0 Å². The summed E-state index contributed by atoms with van der Waals surface area (Å²) in [6.45, 7) is 6.34. The van der Waals surface area contributed by atoms with Gasteiger partial charge >= 0.3 is 0 Å². The molecule has 0 amide bonds. The van der Waals surface area contributed by atoms with Crippen molar-refractivity contribution in [3.05, 3.63) is 30.3 Å². The lowest BCUT2D eigenvalue weighted by molar-refractivity contribution is 0.628. The Morgan fingerprint density at radius 3 is 2.29 bits per heavy atom. The summed E-state index contributed by atoms with van der Waals surface area (Å²) in [5, 5.41) is 2.17. The molecule has 3 heteroatoms. The largest absolute Gasteiger partial charge is 0.309 e. The molecule has 0 radical (unpaired) electrons. The molecule has 14 heavy (non-hydrogen) atoms. The van der Waals surface area contributed by atoms with E-state index in [0.29, 0.717) is 0 Å². The van der Waals surface area contributed by atoms with Crippen molar-refractivity contribution in [1.29, 1.82) is 0 Å². The number of nitrogens with one attached hydrogen (secondary N) is 1. The SMILES string of the molecule is CCCNN(CC)c1ccccc1.Cl. The van der Waals surface area contributed by atoms with E-state index < -0.39 is 0 Å². The van der Waals surface area contributed by atoms with Gasteiger partial charge in [0.15, 0.2) is 0 Å². The Hall–Kier alpha value is -0.730. The Kier molecular flexibility index (Phi) is 7.25. The van der Waals surface area contributed by atoms with Crippen molar-refractivity contribution in [2.45, 2.75) is 20.3 Å². The fraction of sp³-hybridized carbons (Fsp3) is 0.455. The molecule has 1 aromatic rings. The van der Waals surface area contributed by atoms with Crippen LogP contribution < -0.4 is 10.4 Å². The second kappa shape index (κ2) is 7.65. The average molecular weight is 215 g/mol. The molecule has 2 nitrogen and oxygen atoms in total. The third kappa shape index (κ3) is 3.99. The Morgan fingerprint density at radius 2 is 1.79 bits per heavy atom. The van der Waals surface area contributed by atoms with Crippen LogP contribution >= 0.6 is 12.4 Å². The molecule has 0 saturated carbocycles. The topological polar surface area (TPSA) is 15.3 Å². The minimum atomic E-state index is 0. The Balaban J connectivity index is 0.00000169. The van der Waals surface area contributed by atoms with Crippen molar-refractivity contribution < 1.29 is 0 Å². The van der Waals surface area contributed by atoms with Crippen LogP contribution in [0.15, 0.2) is 30.3 Å². The van der Waals surface area contributed by atoms with Gasteiger partial charge in [-0.2, -0.15) is 0 Å². The lowest BCUT2D eigenvalue weighted by Crippen LogP contribution is -2.38. The second-order valence-electron chi connectivity index (χ2n) is 2.99. The summed E-state index contributed by atoms with van der Waals surface area (Å²) in [4.78, 5) is 0. The van der Waals surface area contributed by atoms with Gasteiger partial charge < -0.3 is 5.01 Å². The van der Waals surface area contributed by atoms with Crippen LogP contribution in [0, 0.1) is 0 Å². The molecule has 80 valence electrons. The molecule has 0 fully saturated rings. The maximum atomic E-state index is 3.37. The number of benzene rings is 1. The summed E-state index contributed by atoms with van der Waals surface area (Å²) < 4.78 is 0. The molecule has 0 heterocycles. The minimum absolute atomic E-state index is 0. The fourth-order valence-corrected chi connectivity index (χ4v) is 1.24. The fourth-order valence-electron chi connectivity index (χ4n) is 1.24. The van der Waals surface area contributed by atoms with Gasteiger partial charge in [0, 0.05) is 13.1 Å². The first-order valence-electron chi connectivity index (χ1n) is 4.94. The van der Waals surface area contributed by atoms with Gasteiger partial charge in [0.2, 0.25) is 0 Å². The van der Waals surface area contributed by atoms with Gasteiger partial charge in [-0.05, 0) is 25.5 Å². The molecule has 1 aromatic carbocycles. The van der Waals surface area contributed by atoms with Crippen LogP contribution in [0.4, 0.5) is 5.69 Å². The average Bonchev–Trinajstić information content (AvgIpc) is 2.21. The van der Waals surface area contributed by atoms with Gasteiger partial charge in [-0.1, -0.05) is 25.1 Å². The van der Waals surface area contributed by atoms with E-state index in [2.05, 4.69) is 48.5 Å². The van der Waals surface area contributed by atoms with E-state index in [0.717, 1.165) is 19.5 Å². The first kappa shape index (κ1) is 13.3. The predicted octanol–water partition coefficient (Wildman–Crippen LogP) is 2.85. The first-order chi connectivity index (χ1) is 6.38. The number of halogens is 1. The molecule has 0 spiro atoms. The van der Waals surface area contributed by atoms with Crippen LogP contribution in [-0.4, -0.2) is 13.1 Å². The summed E-state index contributed by atoms with van der Waals surface area (Å²) in [6.07, 6.45) is 1.16. The van der Waals surface area contributed by atoms with E-state index in [1.54, 1.807) is 0 Å². The molecule has 0 bridgehead atoms. The molecule has 0 saturated heterocycles. The molecule has 1 N–H and O–H groups in total. The van der Waals surface area contributed by atoms with Crippen molar-refractivity contribution in [2.24, 2.45) is 0 Å². The summed E-state index contributed by atoms with van der Waals surface area (Å²) >= 11 is 0. The van der Waals surface area contributed by atoms with Gasteiger partial charge in [0.05, 0.1) is 5.69 Å². The zero-order chi connectivity index (χ0) is 9.52. The van der Waals surface area contributed by atoms with E-state index in [1.165, 1.54) is 5.69 Å². The van der Waals surface area contributed by atoms with Crippen LogP contribution in [0.25, 0.3) is 0 Å². The first-order valence-corrected chi connectivity index (χ1v) is 4.94. The quantitative estimate of drug-likeness (QED) is 0.759. The maximum absolute atomic E-state index is 3.37. The Labute approximate surface area is 92.7 Å². The third-order valence-electron chi connectivity index (χ3n) is 1.94. The van der Waals surface area contributed by atoms with Crippen LogP contribution in [0.1, 0.15) is 20.3 Å². The molecule has 1 rings (SSSR count). The van der Waals surface area contributed by atoms with Crippen molar-refractivity contribution >= 4 is 18.1 Å². The van der Waals surface area contributed by atoms with E-state index in [-0.39, 0.29) is 12.4 Å². The smallest absolute Gasteiger partial charge is 0.0519 e. The maximum Gasteiger partial charge on any atom is 0.0519 e. The summed E-state index contributed by atoms with van der Waals surface area (Å²) in [7, 11) is 0. The van der Waals surface area contributed by atoms with Crippen molar-refractivity contribution in [3.63, 3.8) is 0 Å². The van der Waals surface area contributed by atoms with Gasteiger partial charge in [-0.25, -0.2) is 5.43 Å². The molecular weight excluding hydrogens is 196 g/mol. The summed E-state index contributed by atoms with van der Waals surface area (Å²) in [5.41, 5.74) is 4.60. The predicted molar refractivity (Wildman–Crippen MR) is 65.0 cm³/mol. The number of hydrazine groups is 1. The number of rotatable bonds is 5. The molecule has 0 aliphatic carbocycles. The Bertz CT molecular complexity index is 226. The van der Waals surface area contributed by atoms with Gasteiger partial charge in [0.1, 0.15) is 0 Å². The zero-order valence-electron chi connectivity index (χ0n) is 8.86. The van der Waals surface area contributed by atoms with E-state index in [9.17, 15) is 0 Å². The van der Waals surface area contributed by atoms with E-state index >= 15 is 0 Å². The van der Waals surface area contributed by atoms with Gasteiger partial charge in [0.25, 0.3) is 0 Å². The standard InChI is InChI=1S/C11H18N2.ClH/c1-3-10-12-13(4-2)11-8-6-5-7-9-11;/h5-9,12H,3-4,10H2,1-2H3;1H. The lowest BCUT2D eigenvalue weighted by atomic mass is 10.3. The number of anilines is 1. The highest BCUT2D eigenvalue weighted by atomic mass is 35.5. The number of para-hydroxylation sites is 1. The van der Waals surface area contributed by atoms with Crippen LogP contribution in [-0.2, 0) is 0 Å². The van der Waals surface area contributed by atoms with Crippen molar-refractivity contribution in [2.75, 3.05) is 18.1 Å². The van der Waals surface area contributed by atoms with E-state index in [1.807, 2.05) is 6.07 Å². The molecule has 0 aliphatic rings. The van der Waals surface area contributed by atoms with Crippen molar-refractivity contribution in [1.82, 2.24) is 5.43 Å². The van der Waals surface area contributed by atoms with Gasteiger partial charge in [-0.3, -0.25) is 0 Å².